The molecule has 0 radical (unpaired) electrons. The van der Waals surface area contributed by atoms with Gasteiger partial charge in [-0.2, -0.15) is 5.26 Å². The van der Waals surface area contributed by atoms with Gasteiger partial charge in [0.1, 0.15) is 11.5 Å². The van der Waals surface area contributed by atoms with Crippen molar-refractivity contribution in [2.75, 3.05) is 0 Å². The van der Waals surface area contributed by atoms with E-state index in [1.54, 1.807) is 54.9 Å². The first kappa shape index (κ1) is 16.8. The SMILES string of the molecule is N#Cc1ccccc1-c1cc(-c2cnc3nc(-c4cnco4)ccn23)ccc1F. The van der Waals surface area contributed by atoms with Gasteiger partial charge >= 0.3 is 0 Å². The Kier molecular flexibility index (Phi) is 3.88. The van der Waals surface area contributed by atoms with Crippen molar-refractivity contribution >= 4 is 5.78 Å². The molecule has 0 aliphatic rings. The Morgan fingerprint density at radius 1 is 1.03 bits per heavy atom. The summed E-state index contributed by atoms with van der Waals surface area (Å²) in [6.45, 7) is 0. The smallest absolute Gasteiger partial charge is 0.234 e. The second-order valence-corrected chi connectivity index (χ2v) is 6.34. The molecular weight excluding hydrogens is 369 g/mol. The molecule has 5 aromatic rings. The Balaban J connectivity index is 1.63. The van der Waals surface area contributed by atoms with Gasteiger partial charge in [0.05, 0.1) is 29.7 Å². The third-order valence-electron chi connectivity index (χ3n) is 4.66. The average Bonchev–Trinajstić information content (AvgIpc) is 3.44. The third-order valence-corrected chi connectivity index (χ3v) is 4.66. The Labute approximate surface area is 164 Å². The summed E-state index contributed by atoms with van der Waals surface area (Å²) in [5.41, 5.74) is 3.47. The number of halogens is 1. The maximum absolute atomic E-state index is 14.6. The quantitative estimate of drug-likeness (QED) is 0.451. The molecule has 0 aliphatic heterocycles. The predicted molar refractivity (Wildman–Crippen MR) is 104 cm³/mol. The van der Waals surface area contributed by atoms with Gasteiger partial charge in [-0.05, 0) is 30.3 Å². The molecule has 6 nitrogen and oxygen atoms in total. The molecule has 0 bridgehead atoms. The Hall–Kier alpha value is -4.31. The average molecular weight is 381 g/mol. The van der Waals surface area contributed by atoms with E-state index in [9.17, 15) is 9.65 Å². The minimum absolute atomic E-state index is 0.362. The zero-order chi connectivity index (χ0) is 19.8. The van der Waals surface area contributed by atoms with E-state index in [2.05, 4.69) is 21.0 Å². The summed E-state index contributed by atoms with van der Waals surface area (Å²) in [6.07, 6.45) is 6.44. The van der Waals surface area contributed by atoms with Gasteiger partial charge in [-0.3, -0.25) is 4.40 Å². The lowest BCUT2D eigenvalue weighted by atomic mass is 9.97. The number of imidazole rings is 1. The maximum Gasteiger partial charge on any atom is 0.234 e. The number of nitriles is 1. The number of nitrogens with zero attached hydrogens (tertiary/aromatic N) is 5. The number of fused-ring (bicyclic) bond motifs is 1. The summed E-state index contributed by atoms with van der Waals surface area (Å²) in [4.78, 5) is 12.8. The van der Waals surface area contributed by atoms with Crippen LogP contribution in [0.4, 0.5) is 4.39 Å². The highest BCUT2D eigenvalue weighted by Crippen LogP contribution is 2.31. The van der Waals surface area contributed by atoms with Gasteiger partial charge in [-0.25, -0.2) is 19.3 Å². The van der Waals surface area contributed by atoms with Crippen LogP contribution in [0.15, 0.2) is 77.9 Å². The van der Waals surface area contributed by atoms with E-state index in [0.29, 0.717) is 33.9 Å². The molecule has 0 spiro atoms. The zero-order valence-electron chi connectivity index (χ0n) is 15.0. The van der Waals surface area contributed by atoms with E-state index in [1.165, 1.54) is 12.5 Å². The fourth-order valence-corrected chi connectivity index (χ4v) is 3.27. The predicted octanol–water partition coefficient (Wildman–Crippen LogP) is 4.73. The Morgan fingerprint density at radius 3 is 2.76 bits per heavy atom. The highest BCUT2D eigenvalue weighted by atomic mass is 19.1. The first-order chi connectivity index (χ1) is 14.2. The van der Waals surface area contributed by atoms with Crippen molar-refractivity contribution in [1.29, 1.82) is 5.26 Å². The second kappa shape index (κ2) is 6.69. The van der Waals surface area contributed by atoms with Crippen molar-refractivity contribution in [3.8, 4) is 39.9 Å². The van der Waals surface area contributed by atoms with Crippen molar-refractivity contribution in [3.05, 3.63) is 84.9 Å². The third kappa shape index (κ3) is 2.84. The Morgan fingerprint density at radius 2 is 1.93 bits per heavy atom. The van der Waals surface area contributed by atoms with E-state index in [-0.39, 0.29) is 0 Å². The van der Waals surface area contributed by atoms with Crippen LogP contribution in [-0.4, -0.2) is 19.4 Å². The monoisotopic (exact) mass is 381 g/mol. The lowest BCUT2D eigenvalue weighted by Crippen LogP contribution is -1.94. The highest BCUT2D eigenvalue weighted by molar-refractivity contribution is 5.76. The molecule has 0 atom stereocenters. The maximum atomic E-state index is 14.6. The van der Waals surface area contributed by atoms with Gasteiger partial charge in [-0.15, -0.1) is 0 Å². The van der Waals surface area contributed by atoms with Crippen LogP contribution in [0.2, 0.25) is 0 Å². The molecule has 3 aromatic heterocycles. The van der Waals surface area contributed by atoms with Crippen LogP contribution < -0.4 is 0 Å². The minimum atomic E-state index is -0.393. The van der Waals surface area contributed by atoms with Crippen LogP contribution in [-0.2, 0) is 0 Å². The molecule has 138 valence electrons. The summed E-state index contributed by atoms with van der Waals surface area (Å²) in [6, 6.07) is 15.7. The van der Waals surface area contributed by atoms with Crippen molar-refractivity contribution < 1.29 is 8.81 Å². The van der Waals surface area contributed by atoms with Crippen molar-refractivity contribution in [2.24, 2.45) is 0 Å². The van der Waals surface area contributed by atoms with Gasteiger partial charge in [0, 0.05) is 22.9 Å². The molecule has 7 heteroatoms. The summed E-state index contributed by atoms with van der Waals surface area (Å²) in [7, 11) is 0. The minimum Gasteiger partial charge on any atom is -0.442 e. The fraction of sp³-hybridized carbons (Fsp3) is 0. The van der Waals surface area contributed by atoms with Crippen molar-refractivity contribution in [1.82, 2.24) is 19.4 Å². The standard InChI is InChI=1S/C22H12FN5O/c23-18-6-5-14(9-17(18)16-4-2-1-3-15(16)10-24)20-11-26-22-27-19(7-8-28(20)22)21-12-25-13-29-21/h1-9,11-13H. The summed E-state index contributed by atoms with van der Waals surface area (Å²) >= 11 is 0. The van der Waals surface area contributed by atoms with Crippen LogP contribution in [0.3, 0.4) is 0 Å². The first-order valence-corrected chi connectivity index (χ1v) is 8.77. The summed E-state index contributed by atoms with van der Waals surface area (Å²) in [5, 5.41) is 9.36. The first-order valence-electron chi connectivity index (χ1n) is 8.77. The molecule has 0 amide bonds. The molecule has 0 saturated carbocycles. The topological polar surface area (TPSA) is 80.0 Å². The number of rotatable bonds is 3. The van der Waals surface area contributed by atoms with Crippen molar-refractivity contribution in [3.63, 3.8) is 0 Å². The van der Waals surface area contributed by atoms with Gasteiger partial charge < -0.3 is 4.42 Å². The van der Waals surface area contributed by atoms with E-state index in [1.807, 2.05) is 10.6 Å². The number of hydrogen-bond acceptors (Lipinski definition) is 5. The number of oxazole rings is 1. The second-order valence-electron chi connectivity index (χ2n) is 6.34. The normalized spacial score (nSPS) is 10.9. The van der Waals surface area contributed by atoms with Crippen LogP contribution in [0.1, 0.15) is 5.56 Å². The van der Waals surface area contributed by atoms with Gasteiger partial charge in [-0.1, -0.05) is 18.2 Å². The number of aromatic nitrogens is 4. The molecule has 2 aromatic carbocycles. The Bertz CT molecular complexity index is 1380. The molecule has 29 heavy (non-hydrogen) atoms. The van der Waals surface area contributed by atoms with Crippen molar-refractivity contribution in [2.45, 2.75) is 0 Å². The molecule has 3 heterocycles. The molecule has 0 N–H and O–H groups in total. The van der Waals surface area contributed by atoms with Gasteiger partial charge in [0.2, 0.25) is 5.78 Å². The van der Waals surface area contributed by atoms with E-state index in [0.717, 1.165) is 11.3 Å². The summed E-state index contributed by atoms with van der Waals surface area (Å²) < 4.78 is 21.7. The van der Waals surface area contributed by atoms with Crippen LogP contribution in [0.25, 0.3) is 39.6 Å². The van der Waals surface area contributed by atoms with Crippen LogP contribution >= 0.6 is 0 Å². The molecular formula is C22H12FN5O. The molecule has 0 aliphatic carbocycles. The summed E-state index contributed by atoms with van der Waals surface area (Å²) in [5.74, 6) is 0.641. The van der Waals surface area contributed by atoms with E-state index < -0.39 is 5.82 Å². The molecule has 0 unspecified atom stereocenters. The van der Waals surface area contributed by atoms with Crippen LogP contribution in [0.5, 0.6) is 0 Å². The van der Waals surface area contributed by atoms with E-state index >= 15 is 0 Å². The molecule has 0 fully saturated rings. The lowest BCUT2D eigenvalue weighted by Gasteiger charge is -2.09. The van der Waals surface area contributed by atoms with Gasteiger partial charge in [0.25, 0.3) is 0 Å². The highest BCUT2D eigenvalue weighted by Gasteiger charge is 2.14. The number of benzene rings is 2. The van der Waals surface area contributed by atoms with Crippen LogP contribution in [0, 0.1) is 17.1 Å². The largest absolute Gasteiger partial charge is 0.442 e. The van der Waals surface area contributed by atoms with E-state index in [4.69, 9.17) is 4.42 Å². The number of hydrogen-bond donors (Lipinski definition) is 0. The molecule has 5 rings (SSSR count). The zero-order valence-corrected chi connectivity index (χ0v) is 15.0. The lowest BCUT2D eigenvalue weighted by molar-refractivity contribution is 0.570. The molecule has 0 saturated heterocycles. The van der Waals surface area contributed by atoms with Gasteiger partial charge in [0.15, 0.2) is 12.2 Å². The fourth-order valence-electron chi connectivity index (χ4n) is 3.27.